The van der Waals surface area contributed by atoms with Crippen LogP contribution in [0.1, 0.15) is 56.2 Å². The number of nitrogens with zero attached hydrogens (tertiary/aromatic N) is 6. The molecule has 2 aliphatic heterocycles. The van der Waals surface area contributed by atoms with Crippen molar-refractivity contribution >= 4 is 17.7 Å². The second-order valence-electron chi connectivity index (χ2n) is 10.4. The van der Waals surface area contributed by atoms with Crippen molar-refractivity contribution in [2.75, 3.05) is 38.2 Å². The lowest BCUT2D eigenvalue weighted by Crippen LogP contribution is -2.59. The first-order valence-electron chi connectivity index (χ1n) is 12.0. The van der Waals surface area contributed by atoms with Crippen LogP contribution in [0.3, 0.4) is 0 Å². The number of fused-ring (bicyclic) bond motifs is 1. The smallest absolute Gasteiger partial charge is 0.339 e. The van der Waals surface area contributed by atoms with E-state index >= 15 is 0 Å². The van der Waals surface area contributed by atoms with Crippen LogP contribution >= 0.6 is 0 Å². The Bertz CT molecular complexity index is 1030. The number of hydrogen-bond acceptors (Lipinski definition) is 7. The predicted molar refractivity (Wildman–Crippen MR) is 130 cm³/mol. The highest BCUT2D eigenvalue weighted by atomic mass is 16.5. The zero-order valence-electron chi connectivity index (χ0n) is 21.1. The van der Waals surface area contributed by atoms with Crippen molar-refractivity contribution in [3.05, 3.63) is 41.3 Å². The van der Waals surface area contributed by atoms with Gasteiger partial charge in [-0.25, -0.2) is 9.78 Å². The molecule has 0 saturated carbocycles. The number of carbonyl (C=O) groups excluding carboxylic acids is 2. The van der Waals surface area contributed by atoms with Gasteiger partial charge in [0.15, 0.2) is 0 Å². The Morgan fingerprint density at radius 3 is 2.41 bits per heavy atom. The van der Waals surface area contributed by atoms with Gasteiger partial charge in [-0.05, 0) is 46.8 Å². The second kappa shape index (κ2) is 9.37. The molecular formula is C25H36N6O3. The Morgan fingerprint density at radius 2 is 1.82 bits per heavy atom. The van der Waals surface area contributed by atoms with Gasteiger partial charge in [-0.3, -0.25) is 14.4 Å². The van der Waals surface area contributed by atoms with Crippen molar-refractivity contribution in [2.24, 2.45) is 0 Å². The molecule has 0 radical (unpaired) electrons. The minimum Gasteiger partial charge on any atom is -0.465 e. The van der Waals surface area contributed by atoms with Crippen molar-refractivity contribution < 1.29 is 14.3 Å². The first-order chi connectivity index (χ1) is 16.1. The Balaban J connectivity index is 1.37. The molecule has 2 aromatic rings. The molecule has 1 fully saturated rings. The number of rotatable bonds is 4. The third-order valence-corrected chi connectivity index (χ3v) is 6.84. The fraction of sp³-hybridized carbons (Fsp3) is 0.600. The Hall–Kier alpha value is -2.94. The quantitative estimate of drug-likeness (QED) is 0.637. The zero-order chi connectivity index (χ0) is 24.6. The molecular weight excluding hydrogens is 432 g/mol. The lowest BCUT2D eigenvalue weighted by atomic mass is 10.0. The van der Waals surface area contributed by atoms with Gasteiger partial charge < -0.3 is 14.5 Å². The molecule has 1 saturated heterocycles. The fourth-order valence-electron chi connectivity index (χ4n) is 5.05. The van der Waals surface area contributed by atoms with Crippen LogP contribution in [0.2, 0.25) is 0 Å². The first kappa shape index (κ1) is 24.2. The monoisotopic (exact) mass is 468 g/mol. The summed E-state index contributed by atoms with van der Waals surface area (Å²) in [6.07, 6.45) is 4.31. The average molecular weight is 469 g/mol. The summed E-state index contributed by atoms with van der Waals surface area (Å²) in [6, 6.07) is 3.99. The van der Waals surface area contributed by atoms with Gasteiger partial charge in [0, 0.05) is 62.1 Å². The number of ether oxygens (including phenoxy) is 1. The Kier molecular flexibility index (Phi) is 6.66. The van der Waals surface area contributed by atoms with E-state index < -0.39 is 0 Å². The lowest BCUT2D eigenvalue weighted by Gasteiger charge is -2.45. The number of aromatic nitrogens is 3. The molecule has 9 nitrogen and oxygen atoms in total. The SMILES string of the molecule is COC(=O)c1ccc(N2C[C@@H](C)N(CC(=O)N3CCc4c(cnn4C(C)(C)C)C3)[C@@H](C)C2)nc1. The summed E-state index contributed by atoms with van der Waals surface area (Å²) in [5.74, 6) is 0.610. The summed E-state index contributed by atoms with van der Waals surface area (Å²) in [6.45, 7) is 14.1. The van der Waals surface area contributed by atoms with E-state index in [0.717, 1.165) is 37.4 Å². The van der Waals surface area contributed by atoms with Crippen LogP contribution in [0.15, 0.2) is 24.5 Å². The molecule has 4 rings (SSSR count). The van der Waals surface area contributed by atoms with Crippen molar-refractivity contribution in [3.8, 4) is 0 Å². The minimum absolute atomic E-state index is 0.0568. The Morgan fingerprint density at radius 1 is 1.12 bits per heavy atom. The molecule has 2 atom stereocenters. The van der Waals surface area contributed by atoms with E-state index in [1.807, 2.05) is 17.2 Å². The molecule has 0 spiro atoms. The topological polar surface area (TPSA) is 83.8 Å². The van der Waals surface area contributed by atoms with Gasteiger partial charge in [-0.2, -0.15) is 5.10 Å². The second-order valence-corrected chi connectivity index (χ2v) is 10.4. The molecule has 34 heavy (non-hydrogen) atoms. The van der Waals surface area contributed by atoms with Gasteiger partial charge in [-0.1, -0.05) is 0 Å². The molecule has 184 valence electrons. The summed E-state index contributed by atoms with van der Waals surface area (Å²) in [5.41, 5.74) is 2.78. The van der Waals surface area contributed by atoms with Crippen molar-refractivity contribution in [3.63, 3.8) is 0 Å². The van der Waals surface area contributed by atoms with E-state index in [2.05, 4.69) is 59.2 Å². The van der Waals surface area contributed by atoms with Crippen LogP contribution in [-0.4, -0.2) is 81.8 Å². The first-order valence-corrected chi connectivity index (χ1v) is 12.0. The molecule has 0 unspecified atom stereocenters. The molecule has 9 heteroatoms. The maximum absolute atomic E-state index is 13.2. The number of anilines is 1. The van der Waals surface area contributed by atoms with Gasteiger partial charge in [0.1, 0.15) is 5.82 Å². The highest BCUT2D eigenvalue weighted by Gasteiger charge is 2.34. The predicted octanol–water partition coefficient (Wildman–Crippen LogP) is 2.30. The largest absolute Gasteiger partial charge is 0.465 e. The molecule has 0 bridgehead atoms. The van der Waals surface area contributed by atoms with Gasteiger partial charge in [0.2, 0.25) is 5.91 Å². The summed E-state index contributed by atoms with van der Waals surface area (Å²) < 4.78 is 6.85. The molecule has 2 aliphatic rings. The number of piperazine rings is 1. The van der Waals surface area contributed by atoms with E-state index in [-0.39, 0.29) is 29.5 Å². The molecule has 0 aromatic carbocycles. The third kappa shape index (κ3) is 4.80. The van der Waals surface area contributed by atoms with Crippen molar-refractivity contribution in [2.45, 2.75) is 65.2 Å². The van der Waals surface area contributed by atoms with Crippen LogP contribution in [0.4, 0.5) is 5.82 Å². The van der Waals surface area contributed by atoms with E-state index in [1.54, 1.807) is 12.3 Å². The van der Waals surface area contributed by atoms with E-state index in [4.69, 9.17) is 4.74 Å². The van der Waals surface area contributed by atoms with Crippen molar-refractivity contribution in [1.82, 2.24) is 24.6 Å². The number of carbonyl (C=O) groups is 2. The van der Waals surface area contributed by atoms with Crippen molar-refractivity contribution in [1.29, 1.82) is 0 Å². The summed E-state index contributed by atoms with van der Waals surface area (Å²) >= 11 is 0. The minimum atomic E-state index is -0.389. The molecule has 4 heterocycles. The molecule has 2 aromatic heterocycles. The normalized spacial score (nSPS) is 21.4. The number of pyridine rings is 1. The van der Waals surface area contributed by atoms with Crippen LogP contribution in [0.5, 0.6) is 0 Å². The lowest BCUT2D eigenvalue weighted by molar-refractivity contribution is -0.134. The maximum Gasteiger partial charge on any atom is 0.339 e. The highest BCUT2D eigenvalue weighted by Crippen LogP contribution is 2.26. The molecule has 0 aliphatic carbocycles. The number of amides is 1. The standard InChI is InChI=1S/C25H36N6O3/c1-17-13-29(22-8-7-19(11-26-22)24(33)34-6)14-18(2)30(17)16-23(32)28-10-9-21-20(15-28)12-27-31(21)25(3,4)5/h7-8,11-12,17-18H,9-10,13-16H2,1-6H3/t17-,18+. The summed E-state index contributed by atoms with van der Waals surface area (Å²) in [7, 11) is 1.36. The van der Waals surface area contributed by atoms with E-state index in [0.29, 0.717) is 18.7 Å². The highest BCUT2D eigenvalue weighted by molar-refractivity contribution is 5.89. The number of methoxy groups -OCH3 is 1. The fourth-order valence-corrected chi connectivity index (χ4v) is 5.05. The van der Waals surface area contributed by atoms with Gasteiger partial charge >= 0.3 is 5.97 Å². The van der Waals surface area contributed by atoms with E-state index in [9.17, 15) is 9.59 Å². The third-order valence-electron chi connectivity index (χ3n) is 6.84. The average Bonchev–Trinajstić information content (AvgIpc) is 3.24. The summed E-state index contributed by atoms with van der Waals surface area (Å²) in [4.78, 5) is 35.8. The van der Waals surface area contributed by atoms with E-state index in [1.165, 1.54) is 12.8 Å². The molecule has 0 N–H and O–H groups in total. The zero-order valence-corrected chi connectivity index (χ0v) is 21.1. The molecule has 1 amide bonds. The van der Waals surface area contributed by atoms with Gasteiger partial charge in [-0.15, -0.1) is 0 Å². The van der Waals surface area contributed by atoms with Crippen LogP contribution in [-0.2, 0) is 28.0 Å². The maximum atomic E-state index is 13.2. The summed E-state index contributed by atoms with van der Waals surface area (Å²) in [5, 5.41) is 4.59. The van der Waals surface area contributed by atoms with Crippen LogP contribution < -0.4 is 4.90 Å². The van der Waals surface area contributed by atoms with Gasteiger partial charge in [0.25, 0.3) is 0 Å². The Labute approximate surface area is 201 Å². The van der Waals surface area contributed by atoms with Crippen LogP contribution in [0, 0.1) is 0 Å². The van der Waals surface area contributed by atoms with Gasteiger partial charge in [0.05, 0.1) is 31.0 Å². The number of esters is 1. The number of hydrogen-bond donors (Lipinski definition) is 0. The van der Waals surface area contributed by atoms with Crippen LogP contribution in [0.25, 0.3) is 0 Å².